The maximum Gasteiger partial charge on any atom is 0.339 e. The highest BCUT2D eigenvalue weighted by molar-refractivity contribution is 7.99. The van der Waals surface area contributed by atoms with Gasteiger partial charge in [-0.25, -0.2) is 4.79 Å². The van der Waals surface area contributed by atoms with Gasteiger partial charge in [0.2, 0.25) is 0 Å². The van der Waals surface area contributed by atoms with Crippen molar-refractivity contribution in [1.29, 1.82) is 0 Å². The Labute approximate surface area is 111 Å². The summed E-state index contributed by atoms with van der Waals surface area (Å²) in [6.45, 7) is 4.62. The standard InChI is InChI=1S/C12H18N2O3S/c15-12(16)10-1-6-17-11(10)9-13-2-3-14-4-7-18-8-5-14/h1,6,13H,2-5,7-9H2,(H,15,16). The van der Waals surface area contributed by atoms with Crippen molar-refractivity contribution in [1.82, 2.24) is 10.2 Å². The normalized spacial score (nSPS) is 16.9. The molecule has 0 saturated carbocycles. The van der Waals surface area contributed by atoms with Crippen LogP contribution >= 0.6 is 11.8 Å². The van der Waals surface area contributed by atoms with Gasteiger partial charge in [0.05, 0.1) is 12.8 Å². The van der Waals surface area contributed by atoms with E-state index in [1.807, 2.05) is 11.8 Å². The first-order chi connectivity index (χ1) is 8.77. The number of carbonyl (C=O) groups is 1. The number of nitrogens with one attached hydrogen (secondary N) is 1. The van der Waals surface area contributed by atoms with E-state index >= 15 is 0 Å². The SMILES string of the molecule is O=C(O)c1ccoc1CNCCN1CCSCC1. The van der Waals surface area contributed by atoms with Crippen molar-refractivity contribution in [3.05, 3.63) is 23.7 Å². The summed E-state index contributed by atoms with van der Waals surface area (Å²) in [5, 5.41) is 12.1. The van der Waals surface area contributed by atoms with Gasteiger partial charge in [0.1, 0.15) is 11.3 Å². The molecule has 0 aliphatic carbocycles. The average Bonchev–Trinajstić information content (AvgIpc) is 2.84. The van der Waals surface area contributed by atoms with Crippen molar-refractivity contribution >= 4 is 17.7 Å². The predicted octanol–water partition coefficient (Wildman–Crippen LogP) is 1.12. The molecule has 0 atom stereocenters. The summed E-state index contributed by atoms with van der Waals surface area (Å²) in [6.07, 6.45) is 1.42. The molecule has 2 heterocycles. The number of carboxylic acids is 1. The molecule has 18 heavy (non-hydrogen) atoms. The highest BCUT2D eigenvalue weighted by Crippen LogP contribution is 2.10. The summed E-state index contributed by atoms with van der Waals surface area (Å²) >= 11 is 2.00. The van der Waals surface area contributed by atoms with E-state index in [0.29, 0.717) is 12.3 Å². The lowest BCUT2D eigenvalue weighted by atomic mass is 10.2. The Morgan fingerprint density at radius 3 is 3.00 bits per heavy atom. The molecule has 0 spiro atoms. The van der Waals surface area contributed by atoms with Gasteiger partial charge >= 0.3 is 5.97 Å². The second-order valence-corrected chi connectivity index (χ2v) is 5.42. The van der Waals surface area contributed by atoms with Gasteiger partial charge in [-0.2, -0.15) is 11.8 Å². The van der Waals surface area contributed by atoms with E-state index in [2.05, 4.69) is 10.2 Å². The van der Waals surface area contributed by atoms with Crippen LogP contribution in [0.5, 0.6) is 0 Å². The van der Waals surface area contributed by atoms with Crippen LogP contribution in [0.3, 0.4) is 0 Å². The van der Waals surface area contributed by atoms with Crippen LogP contribution in [0.1, 0.15) is 16.1 Å². The largest absolute Gasteiger partial charge is 0.478 e. The summed E-state index contributed by atoms with van der Waals surface area (Å²) < 4.78 is 5.16. The first kappa shape index (κ1) is 13.5. The Morgan fingerprint density at radius 2 is 2.28 bits per heavy atom. The first-order valence-corrected chi connectivity index (χ1v) is 7.23. The van der Waals surface area contributed by atoms with Crippen molar-refractivity contribution in [3.8, 4) is 0 Å². The van der Waals surface area contributed by atoms with Crippen LogP contribution in [0.15, 0.2) is 16.7 Å². The van der Waals surface area contributed by atoms with Crippen molar-refractivity contribution in [3.63, 3.8) is 0 Å². The van der Waals surface area contributed by atoms with Gasteiger partial charge in [-0.1, -0.05) is 0 Å². The van der Waals surface area contributed by atoms with Crippen LogP contribution in [0, 0.1) is 0 Å². The average molecular weight is 270 g/mol. The molecule has 100 valence electrons. The van der Waals surface area contributed by atoms with Crippen LogP contribution in [-0.2, 0) is 6.54 Å². The minimum atomic E-state index is -0.936. The van der Waals surface area contributed by atoms with Gasteiger partial charge in [-0.15, -0.1) is 0 Å². The highest BCUT2D eigenvalue weighted by atomic mass is 32.2. The zero-order valence-electron chi connectivity index (χ0n) is 10.2. The molecule has 5 nitrogen and oxygen atoms in total. The quantitative estimate of drug-likeness (QED) is 0.755. The third-order valence-corrected chi connectivity index (χ3v) is 3.91. The Balaban J connectivity index is 1.68. The summed E-state index contributed by atoms with van der Waals surface area (Å²) in [6, 6.07) is 1.49. The highest BCUT2D eigenvalue weighted by Gasteiger charge is 2.13. The number of thioether (sulfide) groups is 1. The number of hydrogen-bond acceptors (Lipinski definition) is 5. The van der Waals surface area contributed by atoms with E-state index in [0.717, 1.165) is 26.2 Å². The Bertz CT molecular complexity index is 388. The molecule has 0 amide bonds. The van der Waals surface area contributed by atoms with E-state index in [4.69, 9.17) is 9.52 Å². The maximum atomic E-state index is 10.9. The fraction of sp³-hybridized carbons (Fsp3) is 0.583. The smallest absolute Gasteiger partial charge is 0.339 e. The third kappa shape index (κ3) is 3.76. The molecular weight excluding hydrogens is 252 g/mol. The number of nitrogens with zero attached hydrogens (tertiary/aromatic N) is 1. The lowest BCUT2D eigenvalue weighted by Crippen LogP contribution is -2.37. The van der Waals surface area contributed by atoms with E-state index < -0.39 is 5.97 Å². The molecule has 0 radical (unpaired) electrons. The molecule has 0 unspecified atom stereocenters. The summed E-state index contributed by atoms with van der Waals surface area (Å²) in [7, 11) is 0. The zero-order chi connectivity index (χ0) is 12.8. The van der Waals surface area contributed by atoms with Crippen molar-refractivity contribution in [2.45, 2.75) is 6.54 Å². The number of aromatic carboxylic acids is 1. The zero-order valence-corrected chi connectivity index (χ0v) is 11.0. The Kier molecular flexibility index (Phi) is 5.10. The van der Waals surface area contributed by atoms with Crippen LogP contribution in [0.25, 0.3) is 0 Å². The molecule has 1 aliphatic heterocycles. The van der Waals surface area contributed by atoms with E-state index in [-0.39, 0.29) is 5.56 Å². The second-order valence-electron chi connectivity index (χ2n) is 4.19. The fourth-order valence-corrected chi connectivity index (χ4v) is 2.91. The number of carboxylic acid groups (broad SMARTS) is 1. The monoisotopic (exact) mass is 270 g/mol. The fourth-order valence-electron chi connectivity index (χ4n) is 1.93. The van der Waals surface area contributed by atoms with E-state index in [1.165, 1.54) is 23.8 Å². The molecule has 1 saturated heterocycles. The molecule has 2 N–H and O–H groups in total. The molecule has 0 aromatic carbocycles. The molecule has 1 aromatic heterocycles. The minimum absolute atomic E-state index is 0.247. The van der Waals surface area contributed by atoms with E-state index in [9.17, 15) is 4.79 Å². The lowest BCUT2D eigenvalue weighted by molar-refractivity contribution is 0.0694. The Hall–Kier alpha value is -0.980. The predicted molar refractivity (Wildman–Crippen MR) is 71.1 cm³/mol. The van der Waals surface area contributed by atoms with Gasteiger partial charge in [0.25, 0.3) is 0 Å². The summed E-state index contributed by atoms with van der Waals surface area (Å²) in [5.41, 5.74) is 0.247. The number of rotatable bonds is 6. The van der Waals surface area contributed by atoms with Crippen LogP contribution in [0.2, 0.25) is 0 Å². The summed E-state index contributed by atoms with van der Waals surface area (Å²) in [4.78, 5) is 13.3. The lowest BCUT2D eigenvalue weighted by Gasteiger charge is -2.25. The molecule has 1 aliphatic rings. The van der Waals surface area contributed by atoms with Crippen molar-refractivity contribution < 1.29 is 14.3 Å². The molecular formula is C12H18N2O3S. The first-order valence-electron chi connectivity index (χ1n) is 6.08. The number of hydrogen-bond donors (Lipinski definition) is 2. The molecule has 1 aromatic rings. The number of furan rings is 1. The second kappa shape index (κ2) is 6.82. The van der Waals surface area contributed by atoms with Crippen LogP contribution < -0.4 is 5.32 Å². The van der Waals surface area contributed by atoms with Gasteiger partial charge in [-0.05, 0) is 6.07 Å². The minimum Gasteiger partial charge on any atom is -0.478 e. The van der Waals surface area contributed by atoms with Crippen molar-refractivity contribution in [2.75, 3.05) is 37.7 Å². The van der Waals surface area contributed by atoms with E-state index in [1.54, 1.807) is 0 Å². The van der Waals surface area contributed by atoms with Crippen LogP contribution in [-0.4, -0.2) is 53.7 Å². The molecule has 0 bridgehead atoms. The summed E-state index contributed by atoms with van der Waals surface area (Å²) in [5.74, 6) is 1.98. The van der Waals surface area contributed by atoms with Gasteiger partial charge < -0.3 is 19.7 Å². The van der Waals surface area contributed by atoms with Crippen molar-refractivity contribution in [2.24, 2.45) is 0 Å². The third-order valence-electron chi connectivity index (χ3n) is 2.97. The van der Waals surface area contributed by atoms with Gasteiger partial charge in [-0.3, -0.25) is 0 Å². The van der Waals surface area contributed by atoms with Gasteiger partial charge in [0.15, 0.2) is 0 Å². The maximum absolute atomic E-state index is 10.9. The topological polar surface area (TPSA) is 65.7 Å². The molecule has 1 fully saturated rings. The molecule has 2 rings (SSSR count). The molecule has 6 heteroatoms. The van der Waals surface area contributed by atoms with Crippen LogP contribution in [0.4, 0.5) is 0 Å². The van der Waals surface area contributed by atoms with Gasteiger partial charge in [0, 0.05) is 37.7 Å². The Morgan fingerprint density at radius 1 is 1.50 bits per heavy atom.